The molecule has 1 heterocycles. The quantitative estimate of drug-likeness (QED) is 0.533. The van der Waals surface area contributed by atoms with Crippen molar-refractivity contribution in [2.75, 3.05) is 46.3 Å². The maximum Gasteiger partial charge on any atom is 0.251 e. The molecule has 1 aliphatic rings. The summed E-state index contributed by atoms with van der Waals surface area (Å²) >= 11 is 0. The van der Waals surface area contributed by atoms with Gasteiger partial charge in [-0.3, -0.25) is 14.7 Å². The summed E-state index contributed by atoms with van der Waals surface area (Å²) in [6, 6.07) is 16.6. The molecule has 166 valence electrons. The van der Waals surface area contributed by atoms with Gasteiger partial charge in [-0.1, -0.05) is 42.0 Å². The zero-order valence-electron chi connectivity index (χ0n) is 19.0. The van der Waals surface area contributed by atoms with Crippen LogP contribution in [-0.2, 0) is 13.0 Å². The summed E-state index contributed by atoms with van der Waals surface area (Å²) in [6.45, 7) is 10.8. The number of nitrogens with one attached hydrogen (secondary N) is 2. The zero-order chi connectivity index (χ0) is 22.1. The zero-order valence-corrected chi connectivity index (χ0v) is 19.0. The molecule has 2 aromatic rings. The smallest absolute Gasteiger partial charge is 0.251 e. The van der Waals surface area contributed by atoms with Crippen LogP contribution in [-0.4, -0.2) is 68.0 Å². The van der Waals surface area contributed by atoms with Crippen molar-refractivity contribution in [2.45, 2.75) is 26.8 Å². The van der Waals surface area contributed by atoms with Crippen LogP contribution in [0, 0.1) is 6.92 Å². The predicted molar refractivity (Wildman–Crippen MR) is 128 cm³/mol. The fourth-order valence-electron chi connectivity index (χ4n) is 3.92. The molecule has 31 heavy (non-hydrogen) atoms. The van der Waals surface area contributed by atoms with Crippen molar-refractivity contribution in [1.82, 2.24) is 20.4 Å². The monoisotopic (exact) mass is 421 g/mol. The third-order valence-electron chi connectivity index (χ3n) is 5.57. The Hall–Kier alpha value is -2.86. The Morgan fingerprint density at radius 2 is 1.77 bits per heavy atom. The second-order valence-electron chi connectivity index (χ2n) is 8.02. The van der Waals surface area contributed by atoms with E-state index in [1.165, 1.54) is 11.1 Å². The SMILES string of the molecule is CCNC(=NCCc1cccc(C(=O)NC)c1)N1CCN(Cc2cccc(C)c2)CC1. The summed E-state index contributed by atoms with van der Waals surface area (Å²) in [5.74, 6) is 0.933. The van der Waals surface area contributed by atoms with E-state index in [4.69, 9.17) is 4.99 Å². The highest BCUT2D eigenvalue weighted by Crippen LogP contribution is 2.11. The molecule has 6 nitrogen and oxygen atoms in total. The lowest BCUT2D eigenvalue weighted by Crippen LogP contribution is -2.52. The number of carbonyl (C=O) groups excluding carboxylic acids is 1. The Morgan fingerprint density at radius 1 is 1.03 bits per heavy atom. The molecule has 6 heteroatoms. The van der Waals surface area contributed by atoms with Crippen molar-refractivity contribution < 1.29 is 4.79 Å². The van der Waals surface area contributed by atoms with Crippen molar-refractivity contribution in [1.29, 1.82) is 0 Å². The number of hydrogen-bond donors (Lipinski definition) is 2. The Morgan fingerprint density at radius 3 is 2.48 bits per heavy atom. The van der Waals surface area contributed by atoms with E-state index >= 15 is 0 Å². The van der Waals surface area contributed by atoms with E-state index in [0.717, 1.165) is 57.2 Å². The molecule has 1 aliphatic heterocycles. The highest BCUT2D eigenvalue weighted by atomic mass is 16.1. The molecule has 0 atom stereocenters. The van der Waals surface area contributed by atoms with Gasteiger partial charge < -0.3 is 15.5 Å². The lowest BCUT2D eigenvalue weighted by molar-refractivity contribution is 0.0963. The van der Waals surface area contributed by atoms with E-state index in [-0.39, 0.29) is 5.91 Å². The van der Waals surface area contributed by atoms with Gasteiger partial charge in [0.05, 0.1) is 0 Å². The Bertz CT molecular complexity index is 887. The highest BCUT2D eigenvalue weighted by Gasteiger charge is 2.19. The van der Waals surface area contributed by atoms with Gasteiger partial charge >= 0.3 is 0 Å². The van der Waals surface area contributed by atoms with Gasteiger partial charge in [-0.05, 0) is 43.5 Å². The molecule has 2 aromatic carbocycles. The van der Waals surface area contributed by atoms with E-state index in [9.17, 15) is 4.79 Å². The van der Waals surface area contributed by atoms with Gasteiger partial charge in [0.25, 0.3) is 5.91 Å². The van der Waals surface area contributed by atoms with Crippen LogP contribution >= 0.6 is 0 Å². The minimum Gasteiger partial charge on any atom is -0.357 e. The van der Waals surface area contributed by atoms with Crippen molar-refractivity contribution in [2.24, 2.45) is 4.99 Å². The van der Waals surface area contributed by atoms with Gasteiger partial charge in [-0.15, -0.1) is 0 Å². The number of amides is 1. The summed E-state index contributed by atoms with van der Waals surface area (Å²) < 4.78 is 0. The topological polar surface area (TPSA) is 60.0 Å². The normalized spacial score (nSPS) is 15.1. The molecular formula is C25H35N5O. The van der Waals surface area contributed by atoms with Crippen LogP contribution in [0.3, 0.4) is 0 Å². The Labute approximate surface area is 186 Å². The molecule has 1 amide bonds. The largest absolute Gasteiger partial charge is 0.357 e. The average Bonchev–Trinajstić information content (AvgIpc) is 2.79. The van der Waals surface area contributed by atoms with E-state index in [1.807, 2.05) is 18.2 Å². The summed E-state index contributed by atoms with van der Waals surface area (Å²) in [5.41, 5.74) is 4.52. The standard InChI is InChI=1S/C25H35N5O/c1-4-27-25(28-12-11-21-8-6-10-23(18-21)24(31)26-3)30-15-13-29(14-16-30)19-22-9-5-7-20(2)17-22/h5-10,17-18H,4,11-16,19H2,1-3H3,(H,26,31)(H,27,28). The molecule has 0 bridgehead atoms. The fourth-order valence-corrected chi connectivity index (χ4v) is 3.92. The third-order valence-corrected chi connectivity index (χ3v) is 5.57. The van der Waals surface area contributed by atoms with Gasteiger partial charge in [-0.2, -0.15) is 0 Å². The molecule has 0 spiro atoms. The van der Waals surface area contributed by atoms with Gasteiger partial charge in [0.1, 0.15) is 0 Å². The Balaban J connectivity index is 1.53. The Kier molecular flexibility index (Phi) is 8.47. The van der Waals surface area contributed by atoms with Crippen LogP contribution in [0.5, 0.6) is 0 Å². The van der Waals surface area contributed by atoms with Crippen LogP contribution in [0.4, 0.5) is 0 Å². The predicted octanol–water partition coefficient (Wildman–Crippen LogP) is 2.68. The number of benzene rings is 2. The number of aliphatic imine (C=N–C) groups is 1. The first kappa shape index (κ1) is 22.8. The van der Waals surface area contributed by atoms with Gasteiger partial charge in [0.15, 0.2) is 5.96 Å². The molecule has 0 saturated carbocycles. The van der Waals surface area contributed by atoms with Crippen LogP contribution in [0.25, 0.3) is 0 Å². The molecule has 0 aromatic heterocycles. The fraction of sp³-hybridized carbons (Fsp3) is 0.440. The number of piperazine rings is 1. The first-order chi connectivity index (χ1) is 15.1. The molecular weight excluding hydrogens is 386 g/mol. The van der Waals surface area contributed by atoms with E-state index in [1.54, 1.807) is 7.05 Å². The van der Waals surface area contributed by atoms with E-state index < -0.39 is 0 Å². The van der Waals surface area contributed by atoms with Crippen LogP contribution in [0.1, 0.15) is 34.0 Å². The molecule has 0 radical (unpaired) electrons. The number of nitrogens with zero attached hydrogens (tertiary/aromatic N) is 3. The third kappa shape index (κ3) is 6.82. The maximum absolute atomic E-state index is 11.8. The number of hydrogen-bond acceptors (Lipinski definition) is 3. The lowest BCUT2D eigenvalue weighted by Gasteiger charge is -2.36. The molecule has 2 N–H and O–H groups in total. The minimum absolute atomic E-state index is 0.0535. The number of carbonyl (C=O) groups is 1. The van der Waals surface area contributed by atoms with Crippen molar-refractivity contribution in [3.8, 4) is 0 Å². The second-order valence-corrected chi connectivity index (χ2v) is 8.02. The van der Waals surface area contributed by atoms with E-state index in [2.05, 4.69) is 64.6 Å². The van der Waals surface area contributed by atoms with Gasteiger partial charge in [-0.25, -0.2) is 0 Å². The van der Waals surface area contributed by atoms with Crippen LogP contribution in [0.2, 0.25) is 0 Å². The lowest BCUT2D eigenvalue weighted by atomic mass is 10.1. The second kappa shape index (κ2) is 11.5. The summed E-state index contributed by atoms with van der Waals surface area (Å²) in [6.07, 6.45) is 0.813. The highest BCUT2D eigenvalue weighted by molar-refractivity contribution is 5.94. The van der Waals surface area contributed by atoms with E-state index in [0.29, 0.717) is 12.1 Å². The summed E-state index contributed by atoms with van der Waals surface area (Å²) in [7, 11) is 1.66. The van der Waals surface area contributed by atoms with Gasteiger partial charge in [0.2, 0.25) is 0 Å². The van der Waals surface area contributed by atoms with Gasteiger partial charge in [0, 0.05) is 58.4 Å². The van der Waals surface area contributed by atoms with Crippen molar-refractivity contribution in [3.63, 3.8) is 0 Å². The molecule has 1 saturated heterocycles. The number of aryl methyl sites for hydroxylation is 1. The summed E-state index contributed by atoms with van der Waals surface area (Å²) in [5, 5.41) is 6.12. The molecule has 0 unspecified atom stereocenters. The first-order valence-corrected chi connectivity index (χ1v) is 11.2. The average molecular weight is 422 g/mol. The van der Waals surface area contributed by atoms with Crippen LogP contribution in [0.15, 0.2) is 53.5 Å². The molecule has 1 fully saturated rings. The number of guanidine groups is 1. The molecule has 3 rings (SSSR count). The first-order valence-electron chi connectivity index (χ1n) is 11.2. The van der Waals surface area contributed by atoms with Crippen LogP contribution < -0.4 is 10.6 Å². The number of rotatable bonds is 7. The van der Waals surface area contributed by atoms with Crippen molar-refractivity contribution in [3.05, 3.63) is 70.8 Å². The minimum atomic E-state index is -0.0535. The van der Waals surface area contributed by atoms with Crippen molar-refractivity contribution >= 4 is 11.9 Å². The summed E-state index contributed by atoms with van der Waals surface area (Å²) in [4.78, 5) is 21.6. The molecule has 0 aliphatic carbocycles. The maximum atomic E-state index is 11.8.